The van der Waals surface area contributed by atoms with Gasteiger partial charge in [-0.2, -0.15) is 0 Å². The third-order valence-corrected chi connectivity index (χ3v) is 3.22. The number of carbonyl (C=O) groups is 1. The predicted octanol–water partition coefficient (Wildman–Crippen LogP) is 2.61. The number of nitrogens with zero attached hydrogens (tertiary/aromatic N) is 3. The largest absolute Gasteiger partial charge is 0.384 e. The molecule has 1 rings (SSSR count). The van der Waals surface area contributed by atoms with Crippen molar-refractivity contribution in [3.05, 3.63) is 27.9 Å². The summed E-state index contributed by atoms with van der Waals surface area (Å²) in [4.78, 5) is 28.4. The van der Waals surface area contributed by atoms with Gasteiger partial charge in [0.05, 0.1) is 4.92 Å². The van der Waals surface area contributed by atoms with E-state index in [1.807, 2.05) is 13.8 Å². The molecule has 0 aliphatic heterocycles. The number of nitrogens with two attached hydrogens (primary N) is 1. The second kappa shape index (κ2) is 7.56. The van der Waals surface area contributed by atoms with Crippen molar-refractivity contribution in [3.63, 3.8) is 0 Å². The summed E-state index contributed by atoms with van der Waals surface area (Å²) in [5.74, 6) is -0.275. The molecule has 0 aromatic carbocycles. The van der Waals surface area contributed by atoms with E-state index in [0.29, 0.717) is 6.54 Å². The van der Waals surface area contributed by atoms with Crippen molar-refractivity contribution in [2.45, 2.75) is 46.1 Å². The summed E-state index contributed by atoms with van der Waals surface area (Å²) in [6, 6.07) is 1.23. The number of unbranched alkanes of at least 4 members (excludes halogenated alkanes) is 2. The average molecular weight is 294 g/mol. The number of carbonyl (C=O) groups excluding carboxylic acids is 1. The van der Waals surface area contributed by atoms with Crippen LogP contribution in [0.15, 0.2) is 12.3 Å². The van der Waals surface area contributed by atoms with Gasteiger partial charge in [0.25, 0.3) is 11.6 Å². The number of nitro groups is 1. The number of hydrogen-bond acceptors (Lipinski definition) is 5. The Kier molecular flexibility index (Phi) is 6.08. The van der Waals surface area contributed by atoms with Crippen LogP contribution in [-0.2, 0) is 0 Å². The SMILES string of the molecule is CCCCCN(C(=O)c1cc(N)ncc1[N+](=O)[O-])C(C)C. The number of anilines is 1. The highest BCUT2D eigenvalue weighted by atomic mass is 16.6. The molecule has 0 saturated carbocycles. The van der Waals surface area contributed by atoms with Crippen LogP contribution in [0.25, 0.3) is 0 Å². The van der Waals surface area contributed by atoms with Gasteiger partial charge in [-0.05, 0) is 26.3 Å². The Morgan fingerprint density at radius 3 is 2.67 bits per heavy atom. The molecule has 0 unspecified atom stereocenters. The highest BCUT2D eigenvalue weighted by Gasteiger charge is 2.26. The summed E-state index contributed by atoms with van der Waals surface area (Å²) in [6.07, 6.45) is 3.96. The lowest BCUT2D eigenvalue weighted by Gasteiger charge is -2.26. The molecule has 0 saturated heterocycles. The molecule has 2 N–H and O–H groups in total. The molecule has 0 aliphatic rings. The van der Waals surface area contributed by atoms with Gasteiger partial charge in [0, 0.05) is 12.6 Å². The van der Waals surface area contributed by atoms with Gasteiger partial charge in [0.2, 0.25) is 0 Å². The predicted molar refractivity (Wildman–Crippen MR) is 81.0 cm³/mol. The average Bonchev–Trinajstić information content (AvgIpc) is 2.42. The molecule has 21 heavy (non-hydrogen) atoms. The van der Waals surface area contributed by atoms with Crippen LogP contribution in [0.1, 0.15) is 50.4 Å². The van der Waals surface area contributed by atoms with Crippen molar-refractivity contribution in [3.8, 4) is 0 Å². The highest BCUT2D eigenvalue weighted by molar-refractivity contribution is 5.98. The fraction of sp³-hybridized carbons (Fsp3) is 0.571. The number of aromatic nitrogens is 1. The summed E-state index contributed by atoms with van der Waals surface area (Å²) in [5, 5.41) is 11.0. The minimum Gasteiger partial charge on any atom is -0.384 e. The van der Waals surface area contributed by atoms with Crippen molar-refractivity contribution >= 4 is 17.4 Å². The van der Waals surface area contributed by atoms with Gasteiger partial charge in [0.15, 0.2) is 0 Å². The van der Waals surface area contributed by atoms with Crippen LogP contribution in [0.2, 0.25) is 0 Å². The Morgan fingerprint density at radius 2 is 2.14 bits per heavy atom. The van der Waals surface area contributed by atoms with Crippen LogP contribution >= 0.6 is 0 Å². The minimum atomic E-state index is -0.607. The molecule has 1 heterocycles. The third kappa shape index (κ3) is 4.40. The molecule has 1 aromatic rings. The maximum atomic E-state index is 12.6. The molecule has 116 valence electrons. The number of nitrogen functional groups attached to an aromatic ring is 1. The molecule has 0 aliphatic carbocycles. The lowest BCUT2D eigenvalue weighted by atomic mass is 10.1. The summed E-state index contributed by atoms with van der Waals surface area (Å²) >= 11 is 0. The Hall–Kier alpha value is -2.18. The van der Waals surface area contributed by atoms with Crippen LogP contribution in [0, 0.1) is 10.1 Å². The van der Waals surface area contributed by atoms with E-state index in [-0.39, 0.29) is 29.0 Å². The molecule has 0 radical (unpaired) electrons. The Labute approximate surface area is 124 Å². The van der Waals surface area contributed by atoms with E-state index in [4.69, 9.17) is 5.73 Å². The third-order valence-electron chi connectivity index (χ3n) is 3.22. The van der Waals surface area contributed by atoms with Crippen molar-refractivity contribution in [1.29, 1.82) is 0 Å². The highest BCUT2D eigenvalue weighted by Crippen LogP contribution is 2.22. The summed E-state index contributed by atoms with van der Waals surface area (Å²) < 4.78 is 0. The molecular weight excluding hydrogens is 272 g/mol. The topological polar surface area (TPSA) is 102 Å². The molecule has 7 heteroatoms. The normalized spacial score (nSPS) is 10.7. The molecule has 0 bridgehead atoms. The zero-order valence-corrected chi connectivity index (χ0v) is 12.7. The Balaban J connectivity index is 3.08. The fourth-order valence-corrected chi connectivity index (χ4v) is 2.06. The van der Waals surface area contributed by atoms with Crippen LogP contribution in [0.4, 0.5) is 11.5 Å². The first-order valence-electron chi connectivity index (χ1n) is 7.09. The molecule has 7 nitrogen and oxygen atoms in total. The van der Waals surface area contributed by atoms with Crippen LogP contribution < -0.4 is 5.73 Å². The van der Waals surface area contributed by atoms with Crippen LogP contribution in [-0.4, -0.2) is 33.3 Å². The van der Waals surface area contributed by atoms with Gasteiger partial charge >= 0.3 is 0 Å². The van der Waals surface area contributed by atoms with Gasteiger partial charge in [-0.25, -0.2) is 4.98 Å². The number of rotatable bonds is 7. The Bertz CT molecular complexity index is 517. The number of amides is 1. The minimum absolute atomic E-state index is 0.00213. The van der Waals surface area contributed by atoms with Gasteiger partial charge in [-0.1, -0.05) is 19.8 Å². The van der Waals surface area contributed by atoms with E-state index in [0.717, 1.165) is 25.5 Å². The smallest absolute Gasteiger partial charge is 0.300 e. The van der Waals surface area contributed by atoms with E-state index in [1.54, 1.807) is 4.90 Å². The molecule has 0 atom stereocenters. The van der Waals surface area contributed by atoms with E-state index >= 15 is 0 Å². The van der Waals surface area contributed by atoms with Gasteiger partial charge in [-0.3, -0.25) is 14.9 Å². The number of pyridine rings is 1. The van der Waals surface area contributed by atoms with Crippen molar-refractivity contribution in [2.24, 2.45) is 0 Å². The first-order valence-corrected chi connectivity index (χ1v) is 7.09. The van der Waals surface area contributed by atoms with Crippen molar-refractivity contribution < 1.29 is 9.72 Å². The second-order valence-corrected chi connectivity index (χ2v) is 5.18. The van der Waals surface area contributed by atoms with E-state index in [1.165, 1.54) is 6.07 Å². The monoisotopic (exact) mass is 294 g/mol. The summed E-state index contributed by atoms with van der Waals surface area (Å²) in [6.45, 7) is 6.43. The van der Waals surface area contributed by atoms with Gasteiger partial charge < -0.3 is 10.6 Å². The summed E-state index contributed by atoms with van der Waals surface area (Å²) in [5.41, 5.74) is 5.25. The van der Waals surface area contributed by atoms with E-state index < -0.39 is 4.92 Å². The quantitative estimate of drug-likeness (QED) is 0.473. The first kappa shape index (κ1) is 16.9. The molecule has 0 fully saturated rings. The van der Waals surface area contributed by atoms with Crippen molar-refractivity contribution in [1.82, 2.24) is 9.88 Å². The lowest BCUT2D eigenvalue weighted by Crippen LogP contribution is -2.38. The summed E-state index contributed by atoms with van der Waals surface area (Å²) in [7, 11) is 0. The Morgan fingerprint density at radius 1 is 1.48 bits per heavy atom. The van der Waals surface area contributed by atoms with Gasteiger partial charge in [0.1, 0.15) is 17.6 Å². The zero-order valence-electron chi connectivity index (χ0n) is 12.7. The molecule has 1 amide bonds. The van der Waals surface area contributed by atoms with Crippen molar-refractivity contribution in [2.75, 3.05) is 12.3 Å². The van der Waals surface area contributed by atoms with Crippen LogP contribution in [0.5, 0.6) is 0 Å². The van der Waals surface area contributed by atoms with Gasteiger partial charge in [-0.15, -0.1) is 0 Å². The van der Waals surface area contributed by atoms with E-state index in [2.05, 4.69) is 11.9 Å². The lowest BCUT2D eigenvalue weighted by molar-refractivity contribution is -0.385. The van der Waals surface area contributed by atoms with Crippen LogP contribution in [0.3, 0.4) is 0 Å². The molecular formula is C14H22N4O3. The first-order chi connectivity index (χ1) is 9.88. The molecule has 1 aromatic heterocycles. The fourth-order valence-electron chi connectivity index (χ4n) is 2.06. The molecule has 0 spiro atoms. The maximum Gasteiger partial charge on any atom is 0.300 e. The standard InChI is InChI=1S/C14H22N4O3/c1-4-5-6-7-17(10(2)3)14(19)11-8-13(15)16-9-12(11)18(20)21/h8-10H,4-7H2,1-3H3,(H2,15,16). The number of hydrogen-bond donors (Lipinski definition) is 1. The maximum absolute atomic E-state index is 12.6. The van der Waals surface area contributed by atoms with E-state index in [9.17, 15) is 14.9 Å². The zero-order chi connectivity index (χ0) is 16.0. The second-order valence-electron chi connectivity index (χ2n) is 5.18.